The van der Waals surface area contributed by atoms with Crippen LogP contribution in [0.2, 0.25) is 0 Å². The molecule has 0 aliphatic carbocycles. The molecule has 1 aromatic carbocycles. The van der Waals surface area contributed by atoms with E-state index < -0.39 is 4.92 Å². The predicted molar refractivity (Wildman–Crippen MR) is 118 cm³/mol. The summed E-state index contributed by atoms with van der Waals surface area (Å²) < 4.78 is 1.74. The van der Waals surface area contributed by atoms with E-state index in [4.69, 9.17) is 0 Å². The van der Waals surface area contributed by atoms with Gasteiger partial charge in [0.05, 0.1) is 23.9 Å². The first-order valence-corrected chi connectivity index (χ1v) is 10.4. The largest absolute Gasteiger partial charge is 0.350 e. The summed E-state index contributed by atoms with van der Waals surface area (Å²) in [6.07, 6.45) is 7.13. The first-order valence-electron chi connectivity index (χ1n) is 10.4. The Morgan fingerprint density at radius 2 is 2.16 bits per heavy atom. The number of nitrogens with one attached hydrogen (secondary N) is 1. The van der Waals surface area contributed by atoms with Crippen molar-refractivity contribution < 1.29 is 9.72 Å². The van der Waals surface area contributed by atoms with Crippen LogP contribution in [-0.2, 0) is 17.9 Å². The Kier molecular flexibility index (Phi) is 4.92. The van der Waals surface area contributed by atoms with Crippen molar-refractivity contribution in [2.45, 2.75) is 32.0 Å². The van der Waals surface area contributed by atoms with Gasteiger partial charge in [-0.3, -0.25) is 19.6 Å². The van der Waals surface area contributed by atoms with E-state index >= 15 is 0 Å². The quantitative estimate of drug-likeness (QED) is 0.463. The first-order chi connectivity index (χ1) is 15.5. The molecule has 4 heterocycles. The summed E-state index contributed by atoms with van der Waals surface area (Å²) in [4.78, 5) is 35.8. The zero-order chi connectivity index (χ0) is 22.2. The van der Waals surface area contributed by atoms with Crippen LogP contribution in [0.15, 0.2) is 42.9 Å². The summed E-state index contributed by atoms with van der Waals surface area (Å²) in [6.45, 7) is 1.73. The minimum absolute atomic E-state index is 0.0636. The molecule has 2 aliphatic heterocycles. The maximum absolute atomic E-state index is 12.5. The van der Waals surface area contributed by atoms with E-state index in [9.17, 15) is 14.9 Å². The molecule has 0 bridgehead atoms. The van der Waals surface area contributed by atoms with E-state index in [-0.39, 0.29) is 17.6 Å². The molecule has 0 unspecified atom stereocenters. The lowest BCUT2D eigenvalue weighted by molar-refractivity contribution is -0.384. The molecule has 0 spiro atoms. The number of carbonyl (C=O) groups excluding carboxylic acids is 1. The molecule has 1 N–H and O–H groups in total. The van der Waals surface area contributed by atoms with Gasteiger partial charge in [0.25, 0.3) is 5.69 Å². The van der Waals surface area contributed by atoms with Gasteiger partial charge in [0.1, 0.15) is 11.7 Å². The molecule has 1 amide bonds. The van der Waals surface area contributed by atoms with Crippen LogP contribution < -0.4 is 15.1 Å². The fraction of sp³-hybridized carbons (Fsp3) is 0.333. The van der Waals surface area contributed by atoms with Crippen molar-refractivity contribution in [1.82, 2.24) is 19.7 Å². The lowest BCUT2D eigenvalue weighted by Gasteiger charge is -2.36. The second-order valence-corrected chi connectivity index (χ2v) is 7.98. The summed E-state index contributed by atoms with van der Waals surface area (Å²) in [5.74, 6) is 1.37. The minimum atomic E-state index is -0.404. The van der Waals surface area contributed by atoms with Crippen LogP contribution in [0.3, 0.4) is 0 Å². The zero-order valence-corrected chi connectivity index (χ0v) is 17.5. The number of amides is 1. The van der Waals surface area contributed by atoms with Crippen LogP contribution in [0.1, 0.15) is 24.0 Å². The maximum Gasteiger partial charge on any atom is 0.269 e. The summed E-state index contributed by atoms with van der Waals surface area (Å²) in [6, 6.07) is 6.39. The lowest BCUT2D eigenvalue weighted by atomic mass is 10.1. The second-order valence-electron chi connectivity index (χ2n) is 7.98. The van der Waals surface area contributed by atoms with Gasteiger partial charge < -0.3 is 15.1 Å². The average Bonchev–Trinajstić information content (AvgIpc) is 3.46. The number of rotatable bonds is 6. The van der Waals surface area contributed by atoms with E-state index in [0.717, 1.165) is 42.0 Å². The zero-order valence-electron chi connectivity index (χ0n) is 17.5. The number of nitro groups is 1. The third-order valence-corrected chi connectivity index (χ3v) is 5.86. The van der Waals surface area contributed by atoms with Crippen LogP contribution in [0.5, 0.6) is 0 Å². The molecule has 0 saturated carbocycles. The molecule has 3 aromatic rings. The van der Waals surface area contributed by atoms with Gasteiger partial charge in [-0.1, -0.05) is 12.1 Å². The summed E-state index contributed by atoms with van der Waals surface area (Å²) >= 11 is 0. The highest BCUT2D eigenvalue weighted by Gasteiger charge is 2.40. The van der Waals surface area contributed by atoms with Crippen molar-refractivity contribution >= 4 is 29.0 Å². The Balaban J connectivity index is 1.27. The lowest BCUT2D eigenvalue weighted by Crippen LogP contribution is -2.49. The molecule has 1 fully saturated rings. The molecule has 2 aromatic heterocycles. The third kappa shape index (κ3) is 3.61. The van der Waals surface area contributed by atoms with Gasteiger partial charge in [0.15, 0.2) is 5.82 Å². The van der Waals surface area contributed by atoms with E-state index in [1.54, 1.807) is 41.2 Å². The van der Waals surface area contributed by atoms with E-state index in [2.05, 4.69) is 25.3 Å². The van der Waals surface area contributed by atoms with Crippen molar-refractivity contribution in [2.24, 2.45) is 0 Å². The Labute approximate surface area is 183 Å². The molecule has 0 radical (unpaired) electrons. The fourth-order valence-corrected chi connectivity index (χ4v) is 4.24. The van der Waals surface area contributed by atoms with Gasteiger partial charge in [0.2, 0.25) is 11.9 Å². The molecule has 2 aliphatic rings. The van der Waals surface area contributed by atoms with Gasteiger partial charge in [-0.15, -0.1) is 0 Å². The fourth-order valence-electron chi connectivity index (χ4n) is 4.24. The van der Waals surface area contributed by atoms with Crippen molar-refractivity contribution in [3.63, 3.8) is 0 Å². The van der Waals surface area contributed by atoms with Crippen LogP contribution >= 0.6 is 0 Å². The number of nitro benzene ring substituents is 1. The molecule has 11 nitrogen and oxygen atoms in total. The Morgan fingerprint density at radius 3 is 3.00 bits per heavy atom. The Morgan fingerprint density at radius 1 is 1.28 bits per heavy atom. The van der Waals surface area contributed by atoms with Gasteiger partial charge in [-0.25, -0.2) is 4.98 Å². The molecule has 1 atom stereocenters. The Bertz CT molecular complexity index is 1190. The SMILES string of the molecule is CN1C(=O)[C@@H]2CCCN2c2nc(NCc3cnn(Cc4cccc([N+](=O)[O-])c4)c3)ncc21. The highest BCUT2D eigenvalue weighted by atomic mass is 16.6. The average molecular weight is 434 g/mol. The molecule has 1 saturated heterocycles. The highest BCUT2D eigenvalue weighted by molar-refractivity contribution is 6.04. The highest BCUT2D eigenvalue weighted by Crippen LogP contribution is 2.37. The standard InChI is InChI=1S/C21H22N8O3/c1-26-18-11-23-21(25-19(18)28-7-3-6-17(28)20(26)30)22-9-15-10-24-27(13-15)12-14-4-2-5-16(8-14)29(31)32/h2,4-5,8,10-11,13,17H,3,6-7,9,12H2,1H3,(H,22,23,25)/t17-/m0/s1. The van der Waals surface area contributed by atoms with Crippen molar-refractivity contribution in [3.05, 3.63) is 64.1 Å². The molecule has 32 heavy (non-hydrogen) atoms. The number of anilines is 3. The van der Waals surface area contributed by atoms with Crippen LogP contribution in [0, 0.1) is 10.1 Å². The van der Waals surface area contributed by atoms with E-state index in [1.807, 2.05) is 12.3 Å². The number of fused-ring (bicyclic) bond motifs is 3. The number of carbonyl (C=O) groups is 1. The Hall–Kier alpha value is -4.02. The van der Waals surface area contributed by atoms with Gasteiger partial charge in [0, 0.05) is 44.0 Å². The second kappa shape index (κ2) is 7.91. The normalized spacial score (nSPS) is 17.3. The number of aromatic nitrogens is 4. The molecule has 11 heteroatoms. The summed E-state index contributed by atoms with van der Waals surface area (Å²) in [5, 5.41) is 18.5. The van der Waals surface area contributed by atoms with E-state index in [0.29, 0.717) is 19.0 Å². The van der Waals surface area contributed by atoms with Crippen LogP contribution in [0.25, 0.3) is 0 Å². The van der Waals surface area contributed by atoms with Gasteiger partial charge in [-0.05, 0) is 18.4 Å². The monoisotopic (exact) mass is 434 g/mol. The molecule has 5 rings (SSSR count). The first kappa shape index (κ1) is 19.9. The topological polar surface area (TPSA) is 122 Å². The van der Waals surface area contributed by atoms with Crippen LogP contribution in [0.4, 0.5) is 23.1 Å². The minimum Gasteiger partial charge on any atom is -0.350 e. The third-order valence-electron chi connectivity index (χ3n) is 5.86. The van der Waals surface area contributed by atoms with Crippen LogP contribution in [-0.4, -0.2) is 50.2 Å². The summed E-state index contributed by atoms with van der Waals surface area (Å²) in [7, 11) is 1.77. The predicted octanol–water partition coefficient (Wildman–Crippen LogP) is 2.19. The smallest absolute Gasteiger partial charge is 0.269 e. The van der Waals surface area contributed by atoms with E-state index in [1.165, 1.54) is 6.07 Å². The number of likely N-dealkylation sites (N-methyl/N-ethyl adjacent to an activating group) is 1. The van der Waals surface area contributed by atoms with Crippen molar-refractivity contribution in [2.75, 3.05) is 28.7 Å². The number of hydrogen-bond donors (Lipinski definition) is 1. The van der Waals surface area contributed by atoms with Gasteiger partial charge in [-0.2, -0.15) is 10.1 Å². The molecular formula is C21H22N8O3. The molecular weight excluding hydrogens is 412 g/mol. The molecule has 164 valence electrons. The number of benzene rings is 1. The number of non-ortho nitro benzene ring substituents is 1. The van der Waals surface area contributed by atoms with Gasteiger partial charge >= 0.3 is 0 Å². The van der Waals surface area contributed by atoms with Crippen molar-refractivity contribution in [1.29, 1.82) is 0 Å². The number of nitrogens with zero attached hydrogens (tertiary/aromatic N) is 7. The number of hydrogen-bond acceptors (Lipinski definition) is 8. The van der Waals surface area contributed by atoms with Crippen molar-refractivity contribution in [3.8, 4) is 0 Å². The summed E-state index contributed by atoms with van der Waals surface area (Å²) in [5.41, 5.74) is 2.53. The maximum atomic E-state index is 12.5.